The topological polar surface area (TPSA) is 25.8 Å². The van der Waals surface area contributed by atoms with E-state index >= 15 is 0 Å². The van der Waals surface area contributed by atoms with Gasteiger partial charge in [0.25, 0.3) is 0 Å². The van der Waals surface area contributed by atoms with Crippen molar-refractivity contribution in [3.8, 4) is 10.6 Å². The third kappa shape index (κ3) is 2.78. The molecule has 2 rings (SSSR count). The van der Waals surface area contributed by atoms with E-state index in [0.29, 0.717) is 9.35 Å². The second-order valence-corrected chi connectivity index (χ2v) is 5.15. The Morgan fingerprint density at radius 2 is 2.00 bits per heavy atom. The molecule has 0 aliphatic heterocycles. The van der Waals surface area contributed by atoms with Gasteiger partial charge < -0.3 is 0 Å². The quantitative estimate of drug-likeness (QED) is 0.705. The van der Waals surface area contributed by atoms with Crippen LogP contribution in [0.2, 0.25) is 5.15 Å². The molecule has 0 unspecified atom stereocenters. The average Bonchev–Trinajstić information content (AvgIpc) is 2.62. The highest BCUT2D eigenvalue weighted by molar-refractivity contribution is 9.10. The maximum absolute atomic E-state index is 12.5. The Balaban J connectivity index is 2.57. The van der Waals surface area contributed by atoms with Crippen molar-refractivity contribution in [2.45, 2.75) is 6.18 Å². The van der Waals surface area contributed by atoms with Gasteiger partial charge in [0.1, 0.15) is 5.15 Å². The van der Waals surface area contributed by atoms with Crippen molar-refractivity contribution >= 4 is 38.9 Å². The van der Waals surface area contributed by atoms with Gasteiger partial charge in [0.2, 0.25) is 5.82 Å². The number of hydrogen-bond acceptors (Lipinski definition) is 3. The predicted octanol–water partition coefficient (Wildman–Crippen LogP) is 4.64. The molecule has 0 bridgehead atoms. The summed E-state index contributed by atoms with van der Waals surface area (Å²) in [6.07, 6.45) is -4.61. The fourth-order valence-corrected chi connectivity index (χ4v) is 2.86. The van der Waals surface area contributed by atoms with Crippen LogP contribution in [-0.4, -0.2) is 9.97 Å². The second-order valence-electron chi connectivity index (χ2n) is 2.99. The first kappa shape index (κ1) is 12.8. The van der Waals surface area contributed by atoms with Crippen LogP contribution in [0.1, 0.15) is 5.82 Å². The molecule has 0 radical (unpaired) electrons. The summed E-state index contributed by atoms with van der Waals surface area (Å²) in [6.45, 7) is 0. The van der Waals surface area contributed by atoms with Crippen molar-refractivity contribution in [2.75, 3.05) is 0 Å². The molecule has 2 aromatic rings. The number of hydrogen-bond donors (Lipinski definition) is 0. The average molecular weight is 344 g/mol. The van der Waals surface area contributed by atoms with Crippen LogP contribution in [0.15, 0.2) is 22.0 Å². The Morgan fingerprint density at radius 3 is 2.53 bits per heavy atom. The van der Waals surface area contributed by atoms with E-state index < -0.39 is 12.0 Å². The monoisotopic (exact) mass is 342 g/mol. The minimum atomic E-state index is -4.61. The normalized spacial score (nSPS) is 11.8. The molecule has 0 saturated heterocycles. The van der Waals surface area contributed by atoms with E-state index in [2.05, 4.69) is 25.9 Å². The molecular formula is C9H3BrClF3N2S. The van der Waals surface area contributed by atoms with Crippen LogP contribution >= 0.6 is 38.9 Å². The Kier molecular flexibility index (Phi) is 3.42. The van der Waals surface area contributed by atoms with Crippen LogP contribution in [0.4, 0.5) is 13.2 Å². The summed E-state index contributed by atoms with van der Waals surface area (Å²) < 4.78 is 38.2. The van der Waals surface area contributed by atoms with Gasteiger partial charge in [-0.1, -0.05) is 11.6 Å². The molecule has 0 N–H and O–H groups in total. The lowest BCUT2D eigenvalue weighted by molar-refractivity contribution is -0.144. The number of thiophene rings is 1. The fraction of sp³-hybridized carbons (Fsp3) is 0.111. The van der Waals surface area contributed by atoms with Gasteiger partial charge in [0.05, 0.1) is 10.6 Å². The van der Waals surface area contributed by atoms with E-state index in [-0.39, 0.29) is 10.8 Å². The van der Waals surface area contributed by atoms with Crippen LogP contribution in [0.3, 0.4) is 0 Å². The minimum absolute atomic E-state index is 0.152. The summed E-state index contributed by atoms with van der Waals surface area (Å²) in [5.41, 5.74) is 0.152. The first-order valence-electron chi connectivity index (χ1n) is 4.23. The van der Waals surface area contributed by atoms with Gasteiger partial charge in [0.15, 0.2) is 0 Å². The molecule has 0 atom stereocenters. The van der Waals surface area contributed by atoms with Crippen LogP contribution < -0.4 is 0 Å². The first-order chi connectivity index (χ1) is 7.88. The molecule has 2 nitrogen and oxygen atoms in total. The molecule has 0 amide bonds. The smallest absolute Gasteiger partial charge is 0.223 e. The summed E-state index contributed by atoms with van der Waals surface area (Å²) in [5, 5.41) is 1.51. The van der Waals surface area contributed by atoms with Gasteiger partial charge in [-0.15, -0.1) is 11.3 Å². The van der Waals surface area contributed by atoms with Crippen molar-refractivity contribution in [1.82, 2.24) is 9.97 Å². The standard InChI is InChI=1S/C9H3BrClF3N2S/c10-4-1-2-17-7(4)5-3-6(11)16-8(15-5)9(12,13)14/h1-3H. The number of aromatic nitrogens is 2. The summed E-state index contributed by atoms with van der Waals surface area (Å²) in [7, 11) is 0. The molecule has 0 aliphatic carbocycles. The Morgan fingerprint density at radius 1 is 1.29 bits per heavy atom. The zero-order valence-electron chi connectivity index (χ0n) is 7.92. The molecule has 0 spiro atoms. The Labute approximate surface area is 112 Å². The van der Waals surface area contributed by atoms with E-state index in [4.69, 9.17) is 11.6 Å². The molecule has 2 heterocycles. The Bertz CT molecular complexity index is 555. The molecule has 0 aliphatic rings. The van der Waals surface area contributed by atoms with Gasteiger partial charge in [-0.05, 0) is 27.4 Å². The maximum Gasteiger partial charge on any atom is 0.451 e. The number of halogens is 5. The molecule has 17 heavy (non-hydrogen) atoms. The zero-order chi connectivity index (χ0) is 12.6. The van der Waals surface area contributed by atoms with Crippen LogP contribution in [-0.2, 0) is 6.18 Å². The molecule has 8 heteroatoms. The van der Waals surface area contributed by atoms with Gasteiger partial charge >= 0.3 is 6.18 Å². The zero-order valence-corrected chi connectivity index (χ0v) is 11.1. The maximum atomic E-state index is 12.5. The van der Waals surface area contributed by atoms with Crippen molar-refractivity contribution in [2.24, 2.45) is 0 Å². The highest BCUT2D eigenvalue weighted by Crippen LogP contribution is 2.35. The van der Waals surface area contributed by atoms with Gasteiger partial charge in [-0.2, -0.15) is 13.2 Å². The highest BCUT2D eigenvalue weighted by atomic mass is 79.9. The van der Waals surface area contributed by atoms with Crippen molar-refractivity contribution < 1.29 is 13.2 Å². The van der Waals surface area contributed by atoms with E-state index in [1.54, 1.807) is 11.4 Å². The molecule has 90 valence electrons. The third-order valence-electron chi connectivity index (χ3n) is 1.80. The van der Waals surface area contributed by atoms with Crippen molar-refractivity contribution in [1.29, 1.82) is 0 Å². The fourth-order valence-electron chi connectivity index (χ4n) is 1.14. The predicted molar refractivity (Wildman–Crippen MR) is 63.1 cm³/mol. The van der Waals surface area contributed by atoms with E-state index in [1.165, 1.54) is 17.4 Å². The molecule has 0 aromatic carbocycles. The second kappa shape index (κ2) is 4.55. The highest BCUT2D eigenvalue weighted by Gasteiger charge is 2.35. The van der Waals surface area contributed by atoms with Crippen molar-refractivity contribution in [3.63, 3.8) is 0 Å². The summed E-state index contributed by atoms with van der Waals surface area (Å²) in [4.78, 5) is 7.21. The van der Waals surface area contributed by atoms with Crippen LogP contribution in [0, 0.1) is 0 Å². The van der Waals surface area contributed by atoms with Crippen molar-refractivity contribution in [3.05, 3.63) is 33.0 Å². The number of nitrogens with zero attached hydrogens (tertiary/aromatic N) is 2. The lowest BCUT2D eigenvalue weighted by atomic mass is 10.3. The lowest BCUT2D eigenvalue weighted by Crippen LogP contribution is -2.11. The van der Waals surface area contributed by atoms with E-state index in [1.807, 2.05) is 0 Å². The molecule has 0 saturated carbocycles. The molecule has 2 aromatic heterocycles. The van der Waals surface area contributed by atoms with Gasteiger partial charge in [-0.25, -0.2) is 9.97 Å². The van der Waals surface area contributed by atoms with E-state index in [0.717, 1.165) is 0 Å². The number of rotatable bonds is 1. The SMILES string of the molecule is FC(F)(F)c1nc(Cl)cc(-c2sccc2Br)n1. The summed E-state index contributed by atoms with van der Waals surface area (Å²) in [5.74, 6) is -1.24. The van der Waals surface area contributed by atoms with Crippen LogP contribution in [0.25, 0.3) is 10.6 Å². The molecule has 0 fully saturated rings. The molecular weight excluding hydrogens is 341 g/mol. The third-order valence-corrected chi connectivity index (χ3v) is 3.85. The summed E-state index contributed by atoms with van der Waals surface area (Å²) >= 11 is 10.1. The minimum Gasteiger partial charge on any atom is -0.223 e. The van der Waals surface area contributed by atoms with E-state index in [9.17, 15) is 13.2 Å². The Hall–Kier alpha value is -0.660. The first-order valence-corrected chi connectivity index (χ1v) is 6.28. The van der Waals surface area contributed by atoms with Crippen LogP contribution in [0.5, 0.6) is 0 Å². The van der Waals surface area contributed by atoms with Gasteiger partial charge in [-0.3, -0.25) is 0 Å². The largest absolute Gasteiger partial charge is 0.451 e. The lowest BCUT2D eigenvalue weighted by Gasteiger charge is -2.07. The summed E-state index contributed by atoms with van der Waals surface area (Å²) in [6, 6.07) is 3.02. The van der Waals surface area contributed by atoms with Gasteiger partial charge in [0, 0.05) is 10.5 Å². The number of alkyl halides is 3.